The normalized spacial score (nSPS) is 23.8. The molecule has 10 nitrogen and oxygen atoms in total. The fourth-order valence-electron chi connectivity index (χ4n) is 4.25. The second-order valence-corrected chi connectivity index (χ2v) is 9.70. The van der Waals surface area contributed by atoms with E-state index in [9.17, 15) is 29.3 Å². The summed E-state index contributed by atoms with van der Waals surface area (Å²) in [4.78, 5) is 22.8. The Bertz CT molecular complexity index is 1040. The van der Waals surface area contributed by atoms with Crippen molar-refractivity contribution < 1.29 is 38.8 Å². The largest absolute Gasteiger partial charge is 0.443 e. The number of aromatic amines is 1. The van der Waals surface area contributed by atoms with Gasteiger partial charge >= 0.3 is 0 Å². The minimum atomic E-state index is -1.95. The monoisotopic (exact) mass is 521 g/mol. The summed E-state index contributed by atoms with van der Waals surface area (Å²) in [6, 6.07) is 7.77. The molecule has 5 atom stereocenters. The van der Waals surface area contributed by atoms with Gasteiger partial charge in [0, 0.05) is 36.9 Å². The molecule has 0 radical (unpaired) electrons. The molecule has 1 aliphatic rings. The predicted octanol–water partition coefficient (Wildman–Crippen LogP) is 1.44. The highest BCUT2D eigenvalue weighted by molar-refractivity contribution is 5.79. The van der Waals surface area contributed by atoms with Crippen LogP contribution < -0.4 is 10.5 Å². The number of alkyl halides is 1. The molecule has 0 bridgehead atoms. The molecule has 1 aromatic carbocycles. The number of rotatable bonds is 13. The van der Waals surface area contributed by atoms with Crippen LogP contribution in [0.1, 0.15) is 67.8 Å². The van der Waals surface area contributed by atoms with Gasteiger partial charge in [0.2, 0.25) is 18.1 Å². The number of primary amides is 1. The maximum atomic E-state index is 14.1. The number of nitrogens with one attached hydrogen (secondary N) is 1. The van der Waals surface area contributed by atoms with Crippen molar-refractivity contribution in [2.75, 3.05) is 6.61 Å². The first kappa shape index (κ1) is 28.7. The lowest BCUT2D eigenvalue weighted by Crippen LogP contribution is -2.58. The molecular weight excluding hydrogens is 485 g/mol. The molecule has 5 unspecified atom stereocenters. The number of halogens is 1. The molecule has 1 aliphatic heterocycles. The number of Topliss-reactive ketones (excluding diaryl/α,β-unsaturated/α-hetero) is 1. The van der Waals surface area contributed by atoms with Gasteiger partial charge in [-0.25, -0.2) is 4.39 Å². The lowest BCUT2D eigenvalue weighted by Gasteiger charge is -2.38. The van der Waals surface area contributed by atoms with Crippen LogP contribution in [0.5, 0.6) is 5.88 Å². The molecule has 1 aromatic heterocycles. The van der Waals surface area contributed by atoms with E-state index in [4.69, 9.17) is 15.2 Å². The van der Waals surface area contributed by atoms with Crippen LogP contribution in [0.15, 0.2) is 24.3 Å². The third-order valence-electron chi connectivity index (χ3n) is 6.44. The topological polar surface area (TPSA) is 168 Å². The van der Waals surface area contributed by atoms with E-state index in [2.05, 4.69) is 10.2 Å². The maximum absolute atomic E-state index is 14.1. The molecule has 2 aromatic rings. The number of hydrogen-bond acceptors (Lipinski definition) is 8. The van der Waals surface area contributed by atoms with Crippen molar-refractivity contribution in [1.82, 2.24) is 10.2 Å². The lowest BCUT2D eigenvalue weighted by atomic mass is 9.97. The van der Waals surface area contributed by atoms with E-state index >= 15 is 0 Å². The van der Waals surface area contributed by atoms with E-state index in [-0.39, 0.29) is 24.0 Å². The standard InChI is InChI=1S/C26H36FN3O7/c1-14(2)22-18(25(30-29-22)37-26-24(35)23(34)21(27)19(13-31)36-26)12-16-8-6-15(7-9-16)10-11-17(32)4-3-5-20(28)33/h6-9,14,19,21,23-24,26,31,34-35H,3-5,10-13H2,1-2H3,(H2,28,33)(H,29,30). The number of H-pyrrole nitrogens is 1. The first-order valence-corrected chi connectivity index (χ1v) is 12.5. The van der Waals surface area contributed by atoms with Crippen LogP contribution in [-0.4, -0.2) is 74.6 Å². The molecule has 204 valence electrons. The third kappa shape index (κ3) is 7.57. The van der Waals surface area contributed by atoms with Crippen LogP contribution in [0, 0.1) is 0 Å². The second kappa shape index (κ2) is 13.1. The maximum Gasteiger partial charge on any atom is 0.238 e. The van der Waals surface area contributed by atoms with Gasteiger partial charge in [0.25, 0.3) is 0 Å². The fourth-order valence-corrected chi connectivity index (χ4v) is 4.25. The van der Waals surface area contributed by atoms with Crippen molar-refractivity contribution >= 4 is 11.7 Å². The van der Waals surface area contributed by atoms with Crippen molar-refractivity contribution in [3.8, 4) is 5.88 Å². The van der Waals surface area contributed by atoms with E-state index in [1.165, 1.54) is 0 Å². The summed E-state index contributed by atoms with van der Waals surface area (Å²) < 4.78 is 25.2. The van der Waals surface area contributed by atoms with Crippen LogP contribution in [0.3, 0.4) is 0 Å². The molecule has 11 heteroatoms. The van der Waals surface area contributed by atoms with Gasteiger partial charge in [-0.1, -0.05) is 38.1 Å². The average Bonchev–Trinajstić information content (AvgIpc) is 3.25. The lowest BCUT2D eigenvalue weighted by molar-refractivity contribution is -0.265. The molecular formula is C26H36FN3O7. The third-order valence-corrected chi connectivity index (χ3v) is 6.44. The SMILES string of the molecule is CC(C)c1[nH]nc(OC2OC(CO)C(F)C(O)C2O)c1Cc1ccc(CCC(=O)CCCC(N)=O)cc1. The zero-order valence-electron chi connectivity index (χ0n) is 21.1. The van der Waals surface area contributed by atoms with Gasteiger partial charge in [-0.05, 0) is 29.9 Å². The summed E-state index contributed by atoms with van der Waals surface area (Å²) in [5.74, 6) is -0.0905. The van der Waals surface area contributed by atoms with Crippen molar-refractivity contribution in [1.29, 1.82) is 0 Å². The number of ether oxygens (including phenoxy) is 2. The van der Waals surface area contributed by atoms with Gasteiger partial charge in [-0.2, -0.15) is 0 Å². The van der Waals surface area contributed by atoms with Gasteiger partial charge < -0.3 is 30.5 Å². The molecule has 1 fully saturated rings. The predicted molar refractivity (Wildman–Crippen MR) is 132 cm³/mol. The van der Waals surface area contributed by atoms with E-state index in [1.807, 2.05) is 38.1 Å². The summed E-state index contributed by atoms with van der Waals surface area (Å²) in [7, 11) is 0. The molecule has 37 heavy (non-hydrogen) atoms. The van der Waals surface area contributed by atoms with Crippen molar-refractivity contribution in [2.45, 2.75) is 89.1 Å². The minimum absolute atomic E-state index is 0.0721. The first-order chi connectivity index (χ1) is 17.6. The Balaban J connectivity index is 1.67. The van der Waals surface area contributed by atoms with Crippen LogP contribution in [-0.2, 0) is 27.2 Å². The molecule has 3 rings (SSSR count). The highest BCUT2D eigenvalue weighted by atomic mass is 19.1. The molecule has 0 aliphatic carbocycles. The highest BCUT2D eigenvalue weighted by Crippen LogP contribution is 2.31. The number of benzene rings is 1. The van der Waals surface area contributed by atoms with E-state index in [0.29, 0.717) is 32.1 Å². The van der Waals surface area contributed by atoms with Crippen molar-refractivity contribution in [3.63, 3.8) is 0 Å². The Morgan fingerprint density at radius 2 is 1.81 bits per heavy atom. The number of nitrogens with zero attached hydrogens (tertiary/aromatic N) is 1. The number of aliphatic hydroxyl groups excluding tert-OH is 3. The summed E-state index contributed by atoms with van der Waals surface area (Å²) in [5, 5.41) is 36.8. The summed E-state index contributed by atoms with van der Waals surface area (Å²) in [5.41, 5.74) is 8.59. The van der Waals surface area contributed by atoms with Crippen LogP contribution in [0.2, 0.25) is 0 Å². The number of ketones is 1. The van der Waals surface area contributed by atoms with Gasteiger partial charge in [-0.3, -0.25) is 14.7 Å². The Hall–Kier alpha value is -2.86. The summed E-state index contributed by atoms with van der Waals surface area (Å²) in [6.07, 6.45) is -5.70. The number of nitrogens with two attached hydrogens (primary N) is 1. The first-order valence-electron chi connectivity index (χ1n) is 12.5. The molecule has 0 saturated carbocycles. The van der Waals surface area contributed by atoms with Gasteiger partial charge in [0.05, 0.1) is 6.61 Å². The van der Waals surface area contributed by atoms with Crippen molar-refractivity contribution in [3.05, 3.63) is 46.6 Å². The number of carbonyl (C=O) groups is 2. The van der Waals surface area contributed by atoms with Crippen LogP contribution in [0.25, 0.3) is 0 Å². The van der Waals surface area contributed by atoms with E-state index < -0.39 is 43.3 Å². The zero-order chi connectivity index (χ0) is 27.1. The Kier molecular flexibility index (Phi) is 10.2. The van der Waals surface area contributed by atoms with Gasteiger partial charge in [0.15, 0.2) is 6.17 Å². The average molecular weight is 522 g/mol. The summed E-state index contributed by atoms with van der Waals surface area (Å²) in [6.45, 7) is 3.28. The Morgan fingerprint density at radius 1 is 1.14 bits per heavy atom. The molecule has 1 amide bonds. The number of hydrogen-bond donors (Lipinski definition) is 5. The molecule has 0 spiro atoms. The van der Waals surface area contributed by atoms with Gasteiger partial charge in [-0.15, -0.1) is 5.10 Å². The second-order valence-electron chi connectivity index (χ2n) is 9.70. The number of amides is 1. The fraction of sp³-hybridized carbons (Fsp3) is 0.577. The quantitative estimate of drug-likeness (QED) is 0.264. The van der Waals surface area contributed by atoms with E-state index in [1.54, 1.807) is 0 Å². The zero-order valence-corrected chi connectivity index (χ0v) is 21.1. The molecule has 2 heterocycles. The van der Waals surface area contributed by atoms with E-state index in [0.717, 1.165) is 22.4 Å². The Labute approximate surface area is 215 Å². The summed E-state index contributed by atoms with van der Waals surface area (Å²) >= 11 is 0. The van der Waals surface area contributed by atoms with Crippen molar-refractivity contribution in [2.24, 2.45) is 5.73 Å². The minimum Gasteiger partial charge on any atom is -0.443 e. The molecule has 1 saturated heterocycles. The number of aryl methyl sites for hydroxylation is 1. The Morgan fingerprint density at radius 3 is 2.43 bits per heavy atom. The van der Waals surface area contributed by atoms with Crippen LogP contribution in [0.4, 0.5) is 4.39 Å². The number of aromatic nitrogens is 2. The number of aliphatic hydroxyl groups is 3. The molecule has 6 N–H and O–H groups in total. The smallest absolute Gasteiger partial charge is 0.238 e. The van der Waals surface area contributed by atoms with Crippen LogP contribution >= 0.6 is 0 Å². The number of carbonyl (C=O) groups excluding carboxylic acids is 2. The van der Waals surface area contributed by atoms with Gasteiger partial charge in [0.1, 0.15) is 24.1 Å². The highest BCUT2D eigenvalue weighted by Gasteiger charge is 2.46.